The molecule has 8 nitrogen and oxygen atoms in total. The highest BCUT2D eigenvalue weighted by atomic mass is 32.2. The van der Waals surface area contributed by atoms with Crippen LogP contribution in [0, 0.1) is 6.92 Å². The topological polar surface area (TPSA) is 91.8 Å². The van der Waals surface area contributed by atoms with E-state index in [-0.39, 0.29) is 0 Å². The highest BCUT2D eigenvalue weighted by molar-refractivity contribution is 7.98. The van der Waals surface area contributed by atoms with Crippen LogP contribution in [0.15, 0.2) is 82.7 Å². The number of ether oxygens (including phenoxy) is 1. The Labute approximate surface area is 194 Å². The summed E-state index contributed by atoms with van der Waals surface area (Å²) in [5, 5.41) is 13.8. The van der Waals surface area contributed by atoms with Gasteiger partial charge in [-0.15, -0.1) is 10.2 Å². The Hall–Kier alpha value is -3.98. The van der Waals surface area contributed by atoms with Crippen LogP contribution >= 0.6 is 11.8 Å². The first-order valence-electron chi connectivity index (χ1n) is 10.2. The predicted molar refractivity (Wildman–Crippen MR) is 125 cm³/mol. The van der Waals surface area contributed by atoms with E-state index >= 15 is 0 Å². The Morgan fingerprint density at radius 2 is 1.82 bits per heavy atom. The van der Waals surface area contributed by atoms with Crippen LogP contribution in [0.5, 0.6) is 5.75 Å². The number of aromatic nitrogens is 6. The molecule has 0 fully saturated rings. The lowest BCUT2D eigenvalue weighted by Gasteiger charge is -2.12. The fourth-order valence-electron chi connectivity index (χ4n) is 3.40. The summed E-state index contributed by atoms with van der Waals surface area (Å²) in [5.41, 5.74) is 3.90. The molecule has 0 unspecified atom stereocenters. The Balaban J connectivity index is 1.44. The molecule has 3 aromatic heterocycles. The second-order valence-electron chi connectivity index (χ2n) is 7.20. The fourth-order valence-corrected chi connectivity index (χ4v) is 4.18. The van der Waals surface area contributed by atoms with E-state index in [9.17, 15) is 0 Å². The van der Waals surface area contributed by atoms with Crippen molar-refractivity contribution in [2.45, 2.75) is 17.8 Å². The number of benzene rings is 2. The maximum atomic E-state index is 5.49. The minimum Gasteiger partial charge on any atom is -0.497 e. The summed E-state index contributed by atoms with van der Waals surface area (Å²) in [6, 6.07) is 19.5. The summed E-state index contributed by atoms with van der Waals surface area (Å²) in [6.45, 7) is 2.07. The van der Waals surface area contributed by atoms with Gasteiger partial charge in [0, 0.05) is 23.5 Å². The average molecular weight is 457 g/mol. The number of nitrogens with zero attached hydrogens (tertiary/aromatic N) is 6. The van der Waals surface area contributed by atoms with Crippen molar-refractivity contribution in [1.82, 2.24) is 29.9 Å². The number of methoxy groups -OCH3 is 1. The van der Waals surface area contributed by atoms with Crippen molar-refractivity contribution < 1.29 is 9.26 Å². The third-order valence-electron chi connectivity index (χ3n) is 5.05. The number of aryl methyl sites for hydroxylation is 1. The van der Waals surface area contributed by atoms with Gasteiger partial charge in [-0.05, 0) is 42.8 Å². The second kappa shape index (κ2) is 9.25. The highest BCUT2D eigenvalue weighted by Crippen LogP contribution is 2.31. The van der Waals surface area contributed by atoms with Gasteiger partial charge in [0.1, 0.15) is 5.75 Å². The van der Waals surface area contributed by atoms with E-state index < -0.39 is 0 Å². The Bertz CT molecular complexity index is 1380. The fraction of sp³-hybridized carbons (Fsp3) is 0.125. The molecule has 164 valence electrons. The van der Waals surface area contributed by atoms with Gasteiger partial charge < -0.3 is 9.26 Å². The van der Waals surface area contributed by atoms with Gasteiger partial charge in [0.25, 0.3) is 0 Å². The van der Waals surface area contributed by atoms with Crippen LogP contribution in [0.2, 0.25) is 0 Å². The highest BCUT2D eigenvalue weighted by Gasteiger charge is 2.19. The molecule has 0 aliphatic carbocycles. The largest absolute Gasteiger partial charge is 0.497 e. The van der Waals surface area contributed by atoms with Gasteiger partial charge in [0.05, 0.1) is 18.6 Å². The van der Waals surface area contributed by atoms with Crippen molar-refractivity contribution >= 4 is 11.8 Å². The summed E-state index contributed by atoms with van der Waals surface area (Å²) >= 11 is 1.49. The van der Waals surface area contributed by atoms with E-state index in [1.807, 2.05) is 48.5 Å². The Morgan fingerprint density at radius 3 is 2.64 bits per heavy atom. The molecule has 5 rings (SSSR count). The number of thioether (sulfide) groups is 1. The monoisotopic (exact) mass is 456 g/mol. The maximum absolute atomic E-state index is 5.49. The first kappa shape index (κ1) is 20.9. The minimum atomic E-state index is 0.456. The molecule has 0 bridgehead atoms. The Kier molecular flexibility index (Phi) is 5.86. The molecule has 3 heterocycles. The van der Waals surface area contributed by atoms with Crippen LogP contribution in [0.4, 0.5) is 0 Å². The maximum Gasteiger partial charge on any atom is 0.237 e. The SMILES string of the molecule is COc1cccc(-c2noc(CSc3nnc(-c4ccncc4)n3-c3ccccc3C)n2)c1. The first-order chi connectivity index (χ1) is 16.2. The second-order valence-corrected chi connectivity index (χ2v) is 8.14. The molecule has 0 saturated heterocycles. The van der Waals surface area contributed by atoms with E-state index in [1.54, 1.807) is 19.5 Å². The summed E-state index contributed by atoms with van der Waals surface area (Å²) in [5.74, 6) is 2.96. The summed E-state index contributed by atoms with van der Waals surface area (Å²) in [7, 11) is 1.63. The molecular weight excluding hydrogens is 436 g/mol. The molecular formula is C24H20N6O2S. The number of hydrogen-bond acceptors (Lipinski definition) is 8. The number of rotatable bonds is 7. The summed E-state index contributed by atoms with van der Waals surface area (Å²) in [6.07, 6.45) is 3.50. The van der Waals surface area contributed by atoms with Crippen molar-refractivity contribution in [3.63, 3.8) is 0 Å². The quantitative estimate of drug-likeness (QED) is 0.316. The number of pyridine rings is 1. The van der Waals surface area contributed by atoms with Crippen LogP contribution in [0.25, 0.3) is 28.5 Å². The lowest BCUT2D eigenvalue weighted by molar-refractivity contribution is 0.391. The molecule has 0 saturated carbocycles. The van der Waals surface area contributed by atoms with Crippen molar-refractivity contribution in [2.75, 3.05) is 7.11 Å². The van der Waals surface area contributed by atoms with Gasteiger partial charge in [0.2, 0.25) is 11.7 Å². The van der Waals surface area contributed by atoms with Gasteiger partial charge in [-0.25, -0.2) is 0 Å². The van der Waals surface area contributed by atoms with Crippen LogP contribution < -0.4 is 4.74 Å². The van der Waals surface area contributed by atoms with Crippen molar-refractivity contribution in [2.24, 2.45) is 0 Å². The molecule has 33 heavy (non-hydrogen) atoms. The first-order valence-corrected chi connectivity index (χ1v) is 11.2. The average Bonchev–Trinajstić information content (AvgIpc) is 3.51. The van der Waals surface area contributed by atoms with Crippen LogP contribution in [-0.4, -0.2) is 37.0 Å². The lowest BCUT2D eigenvalue weighted by atomic mass is 10.2. The van der Waals surface area contributed by atoms with E-state index in [2.05, 4.69) is 48.9 Å². The Morgan fingerprint density at radius 1 is 0.970 bits per heavy atom. The van der Waals surface area contributed by atoms with Crippen LogP contribution in [0.3, 0.4) is 0 Å². The molecule has 0 radical (unpaired) electrons. The minimum absolute atomic E-state index is 0.456. The molecule has 0 spiro atoms. The molecule has 0 aliphatic heterocycles. The predicted octanol–water partition coefficient (Wildman–Crippen LogP) is 4.99. The molecule has 0 N–H and O–H groups in total. The third kappa shape index (κ3) is 4.35. The lowest BCUT2D eigenvalue weighted by Crippen LogP contribution is -2.02. The standard InChI is InChI=1S/C24H20N6O2S/c1-16-6-3-4-9-20(16)30-23(17-10-12-25-13-11-17)27-28-24(30)33-15-21-26-22(29-32-21)18-7-5-8-19(14-18)31-2/h3-14H,15H2,1-2H3. The van der Waals surface area contributed by atoms with Gasteiger partial charge in [-0.2, -0.15) is 4.98 Å². The zero-order chi connectivity index (χ0) is 22.6. The van der Waals surface area contributed by atoms with Crippen LogP contribution in [0.1, 0.15) is 11.5 Å². The zero-order valence-electron chi connectivity index (χ0n) is 18.0. The molecule has 0 atom stereocenters. The molecule has 0 amide bonds. The number of hydrogen-bond donors (Lipinski definition) is 0. The summed E-state index contributed by atoms with van der Waals surface area (Å²) in [4.78, 5) is 8.65. The van der Waals surface area contributed by atoms with Crippen molar-refractivity contribution in [1.29, 1.82) is 0 Å². The van der Waals surface area contributed by atoms with E-state index in [0.717, 1.165) is 39.1 Å². The van der Waals surface area contributed by atoms with E-state index in [1.165, 1.54) is 11.8 Å². The zero-order valence-corrected chi connectivity index (χ0v) is 18.9. The molecule has 5 aromatic rings. The van der Waals surface area contributed by atoms with Gasteiger partial charge in [-0.3, -0.25) is 9.55 Å². The smallest absolute Gasteiger partial charge is 0.237 e. The summed E-state index contributed by atoms with van der Waals surface area (Å²) < 4.78 is 12.8. The van der Waals surface area contributed by atoms with Crippen LogP contribution in [-0.2, 0) is 5.75 Å². The molecule has 2 aromatic carbocycles. The van der Waals surface area contributed by atoms with Gasteiger partial charge in [0.15, 0.2) is 11.0 Å². The third-order valence-corrected chi connectivity index (χ3v) is 5.96. The normalized spacial score (nSPS) is 11.0. The number of para-hydroxylation sites is 1. The van der Waals surface area contributed by atoms with E-state index in [4.69, 9.17) is 9.26 Å². The molecule has 0 aliphatic rings. The van der Waals surface area contributed by atoms with Gasteiger partial charge in [-0.1, -0.05) is 47.3 Å². The van der Waals surface area contributed by atoms with Crippen molar-refractivity contribution in [3.8, 4) is 34.2 Å². The van der Waals surface area contributed by atoms with Crippen molar-refractivity contribution in [3.05, 3.63) is 84.5 Å². The van der Waals surface area contributed by atoms with Gasteiger partial charge >= 0.3 is 0 Å². The van der Waals surface area contributed by atoms with E-state index in [0.29, 0.717) is 17.5 Å². The molecule has 9 heteroatoms.